The topological polar surface area (TPSA) is 17.1 Å². The van der Waals surface area contributed by atoms with Gasteiger partial charge in [-0.2, -0.15) is 0 Å². The summed E-state index contributed by atoms with van der Waals surface area (Å²) in [4.78, 5) is 12.2. The van der Waals surface area contributed by atoms with Gasteiger partial charge >= 0.3 is 0 Å². The SMILES string of the molecule is O=C(CCCl)C12CC3CC(CC(C3)C1)C2. The summed E-state index contributed by atoms with van der Waals surface area (Å²) in [6.45, 7) is 0. The molecule has 0 heterocycles. The number of hydrogen-bond acceptors (Lipinski definition) is 1. The van der Waals surface area contributed by atoms with E-state index in [-0.39, 0.29) is 5.41 Å². The summed E-state index contributed by atoms with van der Waals surface area (Å²) in [6.07, 6.45) is 8.40. The number of hydrogen-bond donors (Lipinski definition) is 0. The molecule has 0 atom stereocenters. The Morgan fingerprint density at radius 2 is 1.53 bits per heavy atom. The summed E-state index contributed by atoms with van der Waals surface area (Å²) in [6, 6.07) is 0. The van der Waals surface area contributed by atoms with Crippen LogP contribution in [0.5, 0.6) is 0 Å². The van der Waals surface area contributed by atoms with Crippen LogP contribution in [-0.4, -0.2) is 11.7 Å². The Bertz CT molecular complexity index is 249. The standard InChI is InChI=1S/C13H19ClO/c14-2-1-12(15)13-6-9-3-10(7-13)5-11(4-9)8-13/h9-11H,1-8H2. The molecule has 0 radical (unpaired) electrons. The van der Waals surface area contributed by atoms with Gasteiger partial charge in [-0.1, -0.05) is 0 Å². The van der Waals surface area contributed by atoms with Crippen molar-refractivity contribution in [3.05, 3.63) is 0 Å². The molecular weight excluding hydrogens is 208 g/mol. The van der Waals surface area contributed by atoms with Crippen LogP contribution in [0.3, 0.4) is 0 Å². The Morgan fingerprint density at radius 3 is 1.93 bits per heavy atom. The third-order valence-corrected chi connectivity index (χ3v) is 5.14. The maximum atomic E-state index is 12.2. The van der Waals surface area contributed by atoms with E-state index in [0.29, 0.717) is 18.1 Å². The molecule has 4 fully saturated rings. The lowest BCUT2D eigenvalue weighted by atomic mass is 9.48. The Hall–Kier alpha value is -0.0400. The van der Waals surface area contributed by atoms with E-state index in [0.717, 1.165) is 17.8 Å². The van der Waals surface area contributed by atoms with Crippen molar-refractivity contribution in [1.82, 2.24) is 0 Å². The third-order valence-electron chi connectivity index (χ3n) is 4.95. The number of alkyl halides is 1. The highest BCUT2D eigenvalue weighted by molar-refractivity contribution is 6.19. The predicted molar refractivity (Wildman–Crippen MR) is 60.9 cm³/mol. The average Bonchev–Trinajstić information content (AvgIpc) is 2.15. The first-order valence-corrected chi connectivity index (χ1v) is 6.84. The minimum absolute atomic E-state index is 0.0869. The molecular formula is C13H19ClO. The molecule has 0 N–H and O–H groups in total. The van der Waals surface area contributed by atoms with Gasteiger partial charge in [0.2, 0.25) is 0 Å². The van der Waals surface area contributed by atoms with Crippen LogP contribution in [0.25, 0.3) is 0 Å². The van der Waals surface area contributed by atoms with E-state index in [9.17, 15) is 4.79 Å². The third kappa shape index (κ3) is 1.54. The molecule has 0 unspecified atom stereocenters. The highest BCUT2D eigenvalue weighted by atomic mass is 35.5. The van der Waals surface area contributed by atoms with Gasteiger partial charge in [0.25, 0.3) is 0 Å². The van der Waals surface area contributed by atoms with Gasteiger partial charge in [-0.05, 0) is 56.3 Å². The molecule has 0 amide bonds. The molecule has 4 rings (SSSR count). The minimum Gasteiger partial charge on any atom is -0.299 e. The lowest BCUT2D eigenvalue weighted by Crippen LogP contribution is -2.50. The van der Waals surface area contributed by atoms with E-state index in [4.69, 9.17) is 11.6 Å². The summed E-state index contributed by atoms with van der Waals surface area (Å²) in [5.74, 6) is 3.61. The van der Waals surface area contributed by atoms with Crippen LogP contribution in [0.1, 0.15) is 44.9 Å². The maximum absolute atomic E-state index is 12.2. The van der Waals surface area contributed by atoms with E-state index in [1.807, 2.05) is 0 Å². The maximum Gasteiger partial charge on any atom is 0.140 e. The van der Waals surface area contributed by atoms with Crippen LogP contribution in [-0.2, 0) is 4.79 Å². The van der Waals surface area contributed by atoms with Gasteiger partial charge in [-0.25, -0.2) is 0 Å². The van der Waals surface area contributed by atoms with E-state index in [2.05, 4.69) is 0 Å². The summed E-state index contributed by atoms with van der Waals surface area (Å²) in [5, 5.41) is 0. The fraction of sp³-hybridized carbons (Fsp3) is 0.923. The monoisotopic (exact) mass is 226 g/mol. The van der Waals surface area contributed by atoms with Gasteiger partial charge < -0.3 is 0 Å². The summed E-state index contributed by atoms with van der Waals surface area (Å²) < 4.78 is 0. The molecule has 0 aliphatic heterocycles. The molecule has 4 aliphatic rings. The molecule has 0 saturated heterocycles. The molecule has 15 heavy (non-hydrogen) atoms. The van der Waals surface area contributed by atoms with Gasteiger partial charge in [0.05, 0.1) is 0 Å². The van der Waals surface area contributed by atoms with Crippen molar-refractivity contribution in [2.75, 3.05) is 5.88 Å². The number of ketones is 1. The molecule has 1 nitrogen and oxygen atoms in total. The van der Waals surface area contributed by atoms with Gasteiger partial charge in [-0.3, -0.25) is 4.79 Å². The van der Waals surface area contributed by atoms with Crippen LogP contribution in [0.4, 0.5) is 0 Å². The zero-order chi connectivity index (χ0) is 10.5. The van der Waals surface area contributed by atoms with Crippen molar-refractivity contribution < 1.29 is 4.79 Å². The van der Waals surface area contributed by atoms with Gasteiger partial charge in [-0.15, -0.1) is 11.6 Å². The number of halogens is 1. The van der Waals surface area contributed by atoms with E-state index >= 15 is 0 Å². The first-order valence-electron chi connectivity index (χ1n) is 6.31. The number of carbonyl (C=O) groups is 1. The quantitative estimate of drug-likeness (QED) is 0.675. The zero-order valence-corrected chi connectivity index (χ0v) is 9.93. The van der Waals surface area contributed by atoms with Crippen molar-refractivity contribution in [3.8, 4) is 0 Å². The average molecular weight is 227 g/mol. The summed E-state index contributed by atoms with van der Waals surface area (Å²) in [5.41, 5.74) is 0.0869. The fourth-order valence-corrected chi connectivity index (χ4v) is 4.97. The van der Waals surface area contributed by atoms with Crippen molar-refractivity contribution in [3.63, 3.8) is 0 Å². The van der Waals surface area contributed by atoms with Crippen LogP contribution < -0.4 is 0 Å². The van der Waals surface area contributed by atoms with Crippen LogP contribution in [0.2, 0.25) is 0 Å². The largest absolute Gasteiger partial charge is 0.299 e. The molecule has 4 bridgehead atoms. The molecule has 0 aromatic rings. The number of Topliss-reactive ketones (excluding diaryl/α,β-unsaturated/α-hetero) is 1. The molecule has 0 spiro atoms. The lowest BCUT2D eigenvalue weighted by molar-refractivity contribution is -0.143. The van der Waals surface area contributed by atoms with E-state index < -0.39 is 0 Å². The Morgan fingerprint density at radius 1 is 1.07 bits per heavy atom. The first kappa shape index (κ1) is 10.1. The molecule has 4 saturated carbocycles. The lowest BCUT2D eigenvalue weighted by Gasteiger charge is -2.56. The second-order valence-electron chi connectivity index (χ2n) is 6.06. The zero-order valence-electron chi connectivity index (χ0n) is 9.18. The second kappa shape index (κ2) is 3.48. The first-order chi connectivity index (χ1) is 7.22. The second-order valence-corrected chi connectivity index (χ2v) is 6.44. The highest BCUT2D eigenvalue weighted by Gasteiger charge is 2.53. The number of rotatable bonds is 3. The summed E-state index contributed by atoms with van der Waals surface area (Å²) >= 11 is 5.72. The Labute approximate surface area is 96.6 Å². The van der Waals surface area contributed by atoms with Crippen molar-refractivity contribution in [2.45, 2.75) is 44.9 Å². The number of carbonyl (C=O) groups excluding carboxylic acids is 1. The van der Waals surface area contributed by atoms with Crippen LogP contribution >= 0.6 is 11.6 Å². The van der Waals surface area contributed by atoms with Gasteiger partial charge in [0, 0.05) is 17.7 Å². The van der Waals surface area contributed by atoms with Crippen LogP contribution in [0.15, 0.2) is 0 Å². The molecule has 2 heteroatoms. The molecule has 0 aromatic heterocycles. The van der Waals surface area contributed by atoms with Crippen LogP contribution in [0, 0.1) is 23.2 Å². The van der Waals surface area contributed by atoms with E-state index in [1.165, 1.54) is 38.5 Å². The van der Waals surface area contributed by atoms with Gasteiger partial charge in [0.15, 0.2) is 0 Å². The predicted octanol–water partition coefficient (Wildman–Crippen LogP) is 3.40. The van der Waals surface area contributed by atoms with E-state index in [1.54, 1.807) is 0 Å². The van der Waals surface area contributed by atoms with Crippen molar-refractivity contribution in [1.29, 1.82) is 0 Å². The van der Waals surface area contributed by atoms with Crippen molar-refractivity contribution in [2.24, 2.45) is 23.2 Å². The smallest absolute Gasteiger partial charge is 0.140 e. The fourth-order valence-electron chi connectivity index (χ4n) is 4.80. The van der Waals surface area contributed by atoms with Gasteiger partial charge in [0.1, 0.15) is 5.78 Å². The molecule has 4 aliphatic carbocycles. The van der Waals surface area contributed by atoms with Crippen molar-refractivity contribution >= 4 is 17.4 Å². The Balaban J connectivity index is 1.83. The summed E-state index contributed by atoms with van der Waals surface area (Å²) in [7, 11) is 0. The normalized spacial score (nSPS) is 47.1. The Kier molecular flexibility index (Phi) is 2.35. The minimum atomic E-state index is 0.0869. The molecule has 84 valence electrons. The highest BCUT2D eigenvalue weighted by Crippen LogP contribution is 2.60. The molecule has 0 aromatic carbocycles.